The fourth-order valence-electron chi connectivity index (χ4n) is 4.01. The van der Waals surface area contributed by atoms with E-state index in [0.717, 1.165) is 19.3 Å². The van der Waals surface area contributed by atoms with Gasteiger partial charge in [-0.25, -0.2) is 9.59 Å². The molecule has 0 aromatic carbocycles. The van der Waals surface area contributed by atoms with Crippen molar-refractivity contribution in [3.63, 3.8) is 0 Å². The summed E-state index contributed by atoms with van der Waals surface area (Å²) in [4.78, 5) is 48.2. The first-order valence-corrected chi connectivity index (χ1v) is 10.6. The number of hydrogen-bond donors (Lipinski definition) is 0. The molecule has 31 heavy (non-hydrogen) atoms. The van der Waals surface area contributed by atoms with E-state index in [1.165, 1.54) is 6.92 Å². The normalized spacial score (nSPS) is 27.5. The van der Waals surface area contributed by atoms with Crippen LogP contribution in [-0.2, 0) is 38.1 Å². The predicted molar refractivity (Wildman–Crippen MR) is 108 cm³/mol. The Kier molecular flexibility index (Phi) is 7.30. The highest BCUT2D eigenvalue weighted by Gasteiger charge is 2.47. The Morgan fingerprint density at radius 2 is 1.84 bits per heavy atom. The highest BCUT2D eigenvalue weighted by molar-refractivity contribution is 5.94. The van der Waals surface area contributed by atoms with E-state index in [4.69, 9.17) is 18.9 Å². The molecular weight excluding hydrogens is 404 g/mol. The van der Waals surface area contributed by atoms with Gasteiger partial charge in [-0.05, 0) is 37.0 Å². The van der Waals surface area contributed by atoms with Gasteiger partial charge in [-0.3, -0.25) is 9.59 Å². The Balaban J connectivity index is 1.82. The first kappa shape index (κ1) is 22.8. The van der Waals surface area contributed by atoms with E-state index in [-0.39, 0.29) is 23.7 Å². The van der Waals surface area contributed by atoms with Crippen LogP contribution in [0.5, 0.6) is 0 Å². The van der Waals surface area contributed by atoms with Gasteiger partial charge < -0.3 is 18.9 Å². The van der Waals surface area contributed by atoms with Gasteiger partial charge in [-0.2, -0.15) is 0 Å². The van der Waals surface area contributed by atoms with Crippen molar-refractivity contribution in [3.05, 3.63) is 35.5 Å². The summed E-state index contributed by atoms with van der Waals surface area (Å²) >= 11 is 0. The number of unbranched alkanes of at least 4 members (excludes halogenated alkanes) is 2. The summed E-state index contributed by atoms with van der Waals surface area (Å²) in [5, 5.41) is 0. The third-order valence-electron chi connectivity index (χ3n) is 5.62. The van der Waals surface area contributed by atoms with Crippen LogP contribution in [0.25, 0.3) is 0 Å². The van der Waals surface area contributed by atoms with E-state index in [2.05, 4.69) is 13.5 Å². The van der Waals surface area contributed by atoms with Gasteiger partial charge in [-0.1, -0.05) is 26.3 Å². The summed E-state index contributed by atoms with van der Waals surface area (Å²) in [5.41, 5.74) is 1.16. The number of esters is 4. The molecule has 4 unspecified atom stereocenters. The van der Waals surface area contributed by atoms with Crippen LogP contribution in [-0.4, -0.2) is 48.8 Å². The van der Waals surface area contributed by atoms with Crippen LogP contribution < -0.4 is 0 Å². The molecule has 1 saturated heterocycles. The molecule has 2 aliphatic heterocycles. The molecule has 8 heteroatoms. The largest absolute Gasteiger partial charge is 0.461 e. The highest BCUT2D eigenvalue weighted by atomic mass is 16.6. The Bertz CT molecular complexity index is 837. The molecule has 0 spiro atoms. The number of carbonyl (C=O) groups is 4. The molecule has 3 rings (SSSR count). The summed E-state index contributed by atoms with van der Waals surface area (Å²) in [5.74, 6) is -2.56. The van der Waals surface area contributed by atoms with Crippen LogP contribution in [0.4, 0.5) is 0 Å². The minimum atomic E-state index is -0.790. The zero-order valence-electron chi connectivity index (χ0n) is 17.9. The summed E-state index contributed by atoms with van der Waals surface area (Å²) in [6.07, 6.45) is 4.84. The molecule has 2 heterocycles. The van der Waals surface area contributed by atoms with E-state index in [1.54, 1.807) is 12.2 Å². The smallest absolute Gasteiger partial charge is 0.338 e. The topological polar surface area (TPSA) is 105 Å². The fourth-order valence-corrected chi connectivity index (χ4v) is 4.01. The van der Waals surface area contributed by atoms with E-state index in [9.17, 15) is 19.2 Å². The average molecular weight is 432 g/mol. The van der Waals surface area contributed by atoms with Crippen LogP contribution in [0, 0.1) is 5.92 Å². The lowest BCUT2D eigenvalue weighted by molar-refractivity contribution is -0.148. The van der Waals surface area contributed by atoms with Crippen molar-refractivity contribution in [1.82, 2.24) is 0 Å². The maximum atomic E-state index is 12.5. The quantitative estimate of drug-likeness (QED) is 0.199. The molecule has 0 aromatic heterocycles. The molecule has 1 fully saturated rings. The summed E-state index contributed by atoms with van der Waals surface area (Å²) in [6, 6.07) is 0. The zero-order valence-corrected chi connectivity index (χ0v) is 17.9. The third kappa shape index (κ3) is 5.42. The van der Waals surface area contributed by atoms with Crippen LogP contribution in [0.1, 0.15) is 52.4 Å². The maximum absolute atomic E-state index is 12.5. The van der Waals surface area contributed by atoms with Crippen molar-refractivity contribution in [1.29, 1.82) is 0 Å². The molecule has 0 aromatic rings. The van der Waals surface area contributed by atoms with Gasteiger partial charge in [0.2, 0.25) is 0 Å². The van der Waals surface area contributed by atoms with Gasteiger partial charge in [0.25, 0.3) is 0 Å². The van der Waals surface area contributed by atoms with Crippen molar-refractivity contribution in [3.8, 4) is 0 Å². The van der Waals surface area contributed by atoms with E-state index in [1.807, 2.05) is 0 Å². The lowest BCUT2D eigenvalue weighted by Gasteiger charge is -2.22. The second kappa shape index (κ2) is 9.94. The maximum Gasteiger partial charge on any atom is 0.338 e. The Morgan fingerprint density at radius 1 is 1.13 bits per heavy atom. The van der Waals surface area contributed by atoms with Gasteiger partial charge in [-0.15, -0.1) is 0 Å². The van der Waals surface area contributed by atoms with Gasteiger partial charge in [0.05, 0.1) is 11.5 Å². The first-order valence-electron chi connectivity index (χ1n) is 10.6. The van der Waals surface area contributed by atoms with Crippen LogP contribution in [0.15, 0.2) is 35.5 Å². The van der Waals surface area contributed by atoms with Crippen LogP contribution >= 0.6 is 0 Å². The van der Waals surface area contributed by atoms with Crippen molar-refractivity contribution in [2.45, 2.75) is 70.7 Å². The SMILES string of the molecule is C=C1C(=O)OC2C=C(COC(=O)CCCCC)CCC(OC(C)=O)C3=CC(OC3=O)C12. The van der Waals surface area contributed by atoms with E-state index < -0.39 is 42.1 Å². The number of rotatable bonds is 7. The summed E-state index contributed by atoms with van der Waals surface area (Å²) in [7, 11) is 0. The summed E-state index contributed by atoms with van der Waals surface area (Å²) < 4.78 is 21.7. The molecule has 0 radical (unpaired) electrons. The molecule has 0 saturated carbocycles. The lowest BCUT2D eigenvalue weighted by atomic mass is 9.87. The molecule has 1 aliphatic carbocycles. The first-order chi connectivity index (χ1) is 14.8. The minimum absolute atomic E-state index is 0.0313. The van der Waals surface area contributed by atoms with Crippen molar-refractivity contribution < 1.29 is 38.1 Å². The van der Waals surface area contributed by atoms with Crippen molar-refractivity contribution in [2.24, 2.45) is 5.92 Å². The molecular formula is C23H28O8. The number of ether oxygens (including phenoxy) is 4. The van der Waals surface area contributed by atoms with Crippen LogP contribution in [0.3, 0.4) is 0 Å². The van der Waals surface area contributed by atoms with E-state index in [0.29, 0.717) is 24.8 Å². The predicted octanol–water partition coefficient (Wildman–Crippen LogP) is 2.71. The van der Waals surface area contributed by atoms with Gasteiger partial charge in [0, 0.05) is 18.9 Å². The lowest BCUT2D eigenvalue weighted by Crippen LogP contribution is -2.28. The van der Waals surface area contributed by atoms with Gasteiger partial charge >= 0.3 is 23.9 Å². The molecule has 0 N–H and O–H groups in total. The Labute approximate surface area is 181 Å². The van der Waals surface area contributed by atoms with Crippen molar-refractivity contribution >= 4 is 23.9 Å². The highest BCUT2D eigenvalue weighted by Crippen LogP contribution is 2.38. The third-order valence-corrected chi connectivity index (χ3v) is 5.62. The van der Waals surface area contributed by atoms with Crippen LogP contribution in [0.2, 0.25) is 0 Å². The molecule has 168 valence electrons. The Hall–Kier alpha value is -2.90. The van der Waals surface area contributed by atoms with E-state index >= 15 is 0 Å². The Morgan fingerprint density at radius 3 is 2.55 bits per heavy atom. The van der Waals surface area contributed by atoms with Gasteiger partial charge in [0.15, 0.2) is 0 Å². The monoisotopic (exact) mass is 432 g/mol. The zero-order chi connectivity index (χ0) is 22.5. The second-order valence-corrected chi connectivity index (χ2v) is 7.99. The number of fused-ring (bicyclic) bond motifs is 3. The van der Waals surface area contributed by atoms with Crippen molar-refractivity contribution in [2.75, 3.05) is 6.61 Å². The number of hydrogen-bond acceptors (Lipinski definition) is 8. The van der Waals surface area contributed by atoms with Gasteiger partial charge in [0.1, 0.15) is 24.9 Å². The number of carbonyl (C=O) groups excluding carboxylic acids is 4. The molecule has 0 amide bonds. The molecule has 3 aliphatic rings. The minimum Gasteiger partial charge on any atom is -0.461 e. The average Bonchev–Trinajstić information content (AvgIpc) is 3.21. The summed E-state index contributed by atoms with van der Waals surface area (Å²) in [6.45, 7) is 7.16. The standard InChI is InChI=1S/C23H28O8/c1-4-5-6-7-20(25)28-12-15-8-9-17(29-14(3)24)16-11-19(31-23(16)27)21-13(2)22(26)30-18(21)10-15/h10-11,17-19,21H,2,4-9,12H2,1,3H3. The molecule has 2 bridgehead atoms. The fraction of sp³-hybridized carbons (Fsp3) is 0.565. The second-order valence-electron chi connectivity index (χ2n) is 7.99. The molecule has 4 atom stereocenters. The molecule has 8 nitrogen and oxygen atoms in total.